The summed E-state index contributed by atoms with van der Waals surface area (Å²) < 4.78 is 0. The number of hydrogen-bond acceptors (Lipinski definition) is 1. The first kappa shape index (κ1) is 39.2. The molecule has 1 N–H and O–H groups in total. The third-order valence-corrected chi connectivity index (χ3v) is 9.63. The van der Waals surface area contributed by atoms with Crippen LogP contribution in [-0.4, -0.2) is 5.54 Å². The first-order chi connectivity index (χ1) is 19.2. The highest BCUT2D eigenvalue weighted by Crippen LogP contribution is 2.30. The van der Waals surface area contributed by atoms with Gasteiger partial charge in [-0.1, -0.05) is 213 Å². The van der Waals surface area contributed by atoms with Crippen LogP contribution < -0.4 is 4.84 Å². The van der Waals surface area contributed by atoms with E-state index in [0.29, 0.717) is 0 Å². The molecule has 0 heterocycles. The smallest absolute Gasteiger partial charge is 0.0331 e. The lowest BCUT2D eigenvalue weighted by Gasteiger charge is -2.33. The number of rotatable bonds is 34. The molecule has 0 aromatic carbocycles. The second-order valence-electron chi connectivity index (χ2n) is 13.2. The lowest BCUT2D eigenvalue weighted by molar-refractivity contribution is 0.278. The molecule has 39 heavy (non-hydrogen) atoms. The van der Waals surface area contributed by atoms with Gasteiger partial charge in [-0.05, 0) is 31.0 Å². The predicted octanol–water partition coefficient (Wildman–Crippen LogP) is 14.4. The Kier molecular flexibility index (Phi) is 33.0. The number of hydrogen-bond donors (Lipinski definition) is 1. The largest absolute Gasteiger partial charge is 0.227 e. The van der Waals surface area contributed by atoms with Gasteiger partial charge in [0.15, 0.2) is 0 Å². The molecule has 0 spiro atoms. The molecule has 2 heteroatoms. The Hall–Kier alpha value is 0.250. The number of unbranched alkanes of at least 4 members (excludes halogenated alkanes) is 27. The maximum atomic E-state index is 6.54. The second kappa shape index (κ2) is 32.8. The lowest BCUT2D eigenvalue weighted by Crippen LogP contribution is -2.40. The van der Waals surface area contributed by atoms with Crippen LogP contribution in [0.2, 0.25) is 0 Å². The molecule has 0 aliphatic carbocycles. The lowest BCUT2D eigenvalue weighted by atomic mass is 9.82. The zero-order chi connectivity index (χ0) is 28.5. The fraction of sp³-hybridized carbons (Fsp3) is 1.00. The summed E-state index contributed by atoms with van der Waals surface area (Å²) in [5.41, 5.74) is 0.183. The van der Waals surface area contributed by atoms with E-state index in [2.05, 4.69) is 25.6 Å². The van der Waals surface area contributed by atoms with Crippen LogP contribution in [-0.2, 0) is 0 Å². The summed E-state index contributed by atoms with van der Waals surface area (Å²) in [6, 6.07) is 0. The van der Waals surface area contributed by atoms with E-state index in [4.69, 9.17) is 11.8 Å². The molecule has 0 atom stereocenters. The molecule has 0 bridgehead atoms. The molecule has 0 aliphatic rings. The van der Waals surface area contributed by atoms with E-state index >= 15 is 0 Å². The van der Waals surface area contributed by atoms with Crippen molar-refractivity contribution in [2.24, 2.45) is 0 Å². The molecular weight excluding hydrogens is 494 g/mol. The zero-order valence-corrected chi connectivity index (χ0v) is 28.5. The Morgan fingerprint density at radius 3 is 0.667 bits per heavy atom. The van der Waals surface area contributed by atoms with Crippen LogP contribution in [0.1, 0.15) is 233 Å². The van der Waals surface area contributed by atoms with Gasteiger partial charge in [-0.25, -0.2) is 4.84 Å². The molecule has 0 unspecified atom stereocenters. The van der Waals surface area contributed by atoms with Crippen molar-refractivity contribution in [3.63, 3.8) is 0 Å². The molecule has 0 radical (unpaired) electrons. The summed E-state index contributed by atoms with van der Waals surface area (Å²) in [7, 11) is 0. The van der Waals surface area contributed by atoms with Gasteiger partial charge in [-0.15, -0.1) is 0 Å². The summed E-state index contributed by atoms with van der Waals surface area (Å²) in [5.74, 6) is 0. The van der Waals surface area contributed by atoms with Crippen LogP contribution in [0.25, 0.3) is 0 Å². The van der Waals surface area contributed by atoms with Gasteiger partial charge < -0.3 is 0 Å². The summed E-state index contributed by atoms with van der Waals surface area (Å²) in [5, 5.41) is 0. The molecule has 0 saturated heterocycles. The second-order valence-corrected chi connectivity index (χ2v) is 13.4. The quantitative estimate of drug-likeness (QED) is 0.0600. The van der Waals surface area contributed by atoms with E-state index in [0.717, 1.165) is 0 Å². The summed E-state index contributed by atoms with van der Waals surface area (Å²) >= 11 is 6.54. The van der Waals surface area contributed by atoms with E-state index in [9.17, 15) is 0 Å². The molecule has 0 aliphatic heterocycles. The maximum Gasteiger partial charge on any atom is 0.0331 e. The van der Waals surface area contributed by atoms with Crippen molar-refractivity contribution in [3.8, 4) is 0 Å². The van der Waals surface area contributed by atoms with Crippen LogP contribution in [0.5, 0.6) is 0 Å². The first-order valence-corrected chi connectivity index (χ1v) is 19.0. The molecule has 236 valence electrons. The maximum absolute atomic E-state index is 6.54. The van der Waals surface area contributed by atoms with Gasteiger partial charge in [-0.2, -0.15) is 0 Å². The molecule has 0 saturated carbocycles. The molecular formula is C37H76ClN. The Labute approximate surface area is 254 Å². The Morgan fingerprint density at radius 2 is 0.487 bits per heavy atom. The third kappa shape index (κ3) is 28.2. The van der Waals surface area contributed by atoms with Crippen molar-refractivity contribution in [1.82, 2.24) is 4.84 Å². The predicted molar refractivity (Wildman–Crippen MR) is 181 cm³/mol. The highest BCUT2D eigenvalue weighted by molar-refractivity contribution is 6.13. The molecule has 1 nitrogen and oxygen atoms in total. The Balaban J connectivity index is 4.22. The minimum absolute atomic E-state index is 0.183. The van der Waals surface area contributed by atoms with Gasteiger partial charge in [0.05, 0.1) is 0 Å². The van der Waals surface area contributed by atoms with Crippen LogP contribution in [0.3, 0.4) is 0 Å². The van der Waals surface area contributed by atoms with E-state index in [1.165, 1.54) is 212 Å². The van der Waals surface area contributed by atoms with Crippen molar-refractivity contribution in [2.75, 3.05) is 0 Å². The molecule has 0 rings (SSSR count). The Morgan fingerprint density at radius 1 is 0.308 bits per heavy atom. The number of halogens is 1. The van der Waals surface area contributed by atoms with Gasteiger partial charge in [0.2, 0.25) is 0 Å². The van der Waals surface area contributed by atoms with Crippen molar-refractivity contribution in [2.45, 2.75) is 238 Å². The summed E-state index contributed by atoms with van der Waals surface area (Å²) in [4.78, 5) is 3.38. The minimum Gasteiger partial charge on any atom is -0.227 e. The van der Waals surface area contributed by atoms with Crippen LogP contribution in [0.15, 0.2) is 0 Å². The molecule has 0 amide bonds. The van der Waals surface area contributed by atoms with E-state index in [-0.39, 0.29) is 5.54 Å². The van der Waals surface area contributed by atoms with Gasteiger partial charge in [0.25, 0.3) is 0 Å². The first-order valence-electron chi connectivity index (χ1n) is 18.6. The average molecular weight is 570 g/mol. The zero-order valence-electron chi connectivity index (χ0n) is 27.7. The highest BCUT2D eigenvalue weighted by atomic mass is 35.5. The molecule has 0 aromatic rings. The minimum atomic E-state index is 0.183. The normalized spacial score (nSPS) is 12.0. The van der Waals surface area contributed by atoms with Crippen molar-refractivity contribution in [3.05, 3.63) is 0 Å². The van der Waals surface area contributed by atoms with Gasteiger partial charge in [0, 0.05) is 5.54 Å². The third-order valence-electron chi connectivity index (χ3n) is 9.23. The van der Waals surface area contributed by atoms with Gasteiger partial charge in [0.1, 0.15) is 0 Å². The van der Waals surface area contributed by atoms with Crippen molar-refractivity contribution in [1.29, 1.82) is 0 Å². The fourth-order valence-electron chi connectivity index (χ4n) is 6.37. The van der Waals surface area contributed by atoms with E-state index < -0.39 is 0 Å². The van der Waals surface area contributed by atoms with E-state index in [1.54, 1.807) is 0 Å². The highest BCUT2D eigenvalue weighted by Gasteiger charge is 2.27. The SMILES string of the molecule is CCCCCCCCCCCCC(CCCCCCCCCCCC)(CCCCCCCCCCCC)NCl. The van der Waals surface area contributed by atoms with Crippen LogP contribution in [0.4, 0.5) is 0 Å². The standard InChI is InChI=1S/C37H76ClN/c1-4-7-10-13-16-19-22-25-28-31-34-37(39-38,35-32-29-26-23-20-17-14-11-8-5-2)36-33-30-27-24-21-18-15-12-9-6-3/h39H,4-36H2,1-3H3. The van der Waals surface area contributed by atoms with Gasteiger partial charge in [-0.3, -0.25) is 0 Å². The summed E-state index contributed by atoms with van der Waals surface area (Å²) in [6.45, 7) is 6.92. The van der Waals surface area contributed by atoms with Crippen LogP contribution >= 0.6 is 11.8 Å². The molecule has 0 aromatic heterocycles. The molecule has 0 fully saturated rings. The fourth-order valence-corrected chi connectivity index (χ4v) is 6.65. The van der Waals surface area contributed by atoms with Crippen LogP contribution in [0, 0.1) is 0 Å². The average Bonchev–Trinajstić information content (AvgIpc) is 2.95. The topological polar surface area (TPSA) is 12.0 Å². The van der Waals surface area contributed by atoms with E-state index in [1.807, 2.05) is 0 Å². The Bertz CT molecular complexity index is 377. The number of nitrogens with one attached hydrogen (secondary N) is 1. The van der Waals surface area contributed by atoms with Gasteiger partial charge >= 0.3 is 0 Å². The summed E-state index contributed by atoms with van der Waals surface area (Å²) in [6.07, 6.45) is 46.3. The van der Waals surface area contributed by atoms with Crippen molar-refractivity contribution >= 4 is 11.8 Å². The monoisotopic (exact) mass is 570 g/mol. The van der Waals surface area contributed by atoms with Crippen molar-refractivity contribution < 1.29 is 0 Å².